The molecule has 0 fully saturated rings. The van der Waals surface area contributed by atoms with Gasteiger partial charge in [-0.05, 0) is 61.2 Å². The summed E-state index contributed by atoms with van der Waals surface area (Å²) in [5.41, 5.74) is 6.64. The van der Waals surface area contributed by atoms with Crippen molar-refractivity contribution in [1.82, 2.24) is 5.43 Å². The predicted molar refractivity (Wildman–Crippen MR) is 96.5 cm³/mol. The van der Waals surface area contributed by atoms with Gasteiger partial charge in [-0.25, -0.2) is 5.43 Å². The summed E-state index contributed by atoms with van der Waals surface area (Å²) in [7, 11) is 0. The van der Waals surface area contributed by atoms with Gasteiger partial charge < -0.3 is 5.32 Å². The van der Waals surface area contributed by atoms with Crippen LogP contribution in [-0.4, -0.2) is 18.0 Å². The largest absolute Gasteiger partial charge is 0.329 e. The molecule has 0 bridgehead atoms. The van der Waals surface area contributed by atoms with Gasteiger partial charge in [-0.15, -0.1) is 0 Å². The van der Waals surface area contributed by atoms with E-state index < -0.39 is 11.8 Å². The number of carbonyl (C=O) groups is 2. The van der Waals surface area contributed by atoms with Crippen LogP contribution in [-0.2, 0) is 9.59 Å². The molecule has 2 N–H and O–H groups in total. The molecular weight excluding hydrogens is 326 g/mol. The second kappa shape index (κ2) is 7.75. The Morgan fingerprint density at radius 3 is 2.38 bits per heavy atom. The van der Waals surface area contributed by atoms with Gasteiger partial charge in [-0.1, -0.05) is 29.8 Å². The van der Waals surface area contributed by atoms with Crippen molar-refractivity contribution < 1.29 is 9.59 Å². The fraction of sp³-hybridized carbons (Fsp3) is 0.167. The van der Waals surface area contributed by atoms with Crippen molar-refractivity contribution in [3.05, 3.63) is 63.7 Å². The SMILES string of the molecule is Cc1ccc(/C=N\NC(=O)C(=O)Nc2ccc(Cl)cc2C)cc1C. The number of nitrogens with one attached hydrogen (secondary N) is 2. The maximum atomic E-state index is 11.9. The van der Waals surface area contributed by atoms with Crippen LogP contribution in [0, 0.1) is 20.8 Å². The number of nitrogens with zero attached hydrogens (tertiary/aromatic N) is 1. The van der Waals surface area contributed by atoms with Gasteiger partial charge in [0, 0.05) is 10.7 Å². The number of anilines is 1. The minimum atomic E-state index is -0.843. The lowest BCUT2D eigenvalue weighted by Gasteiger charge is -2.07. The van der Waals surface area contributed by atoms with E-state index >= 15 is 0 Å². The molecule has 0 atom stereocenters. The van der Waals surface area contributed by atoms with E-state index in [0.717, 1.165) is 16.7 Å². The van der Waals surface area contributed by atoms with Crippen molar-refractivity contribution in [3.63, 3.8) is 0 Å². The number of benzene rings is 2. The van der Waals surface area contributed by atoms with E-state index in [1.807, 2.05) is 32.0 Å². The van der Waals surface area contributed by atoms with Crippen molar-refractivity contribution >= 4 is 35.3 Å². The summed E-state index contributed by atoms with van der Waals surface area (Å²) in [4.78, 5) is 23.6. The number of aryl methyl sites for hydroxylation is 3. The summed E-state index contributed by atoms with van der Waals surface area (Å²) in [6, 6.07) is 10.8. The van der Waals surface area contributed by atoms with E-state index in [9.17, 15) is 9.59 Å². The van der Waals surface area contributed by atoms with Gasteiger partial charge in [0.2, 0.25) is 0 Å². The molecule has 6 heteroatoms. The Morgan fingerprint density at radius 2 is 1.71 bits per heavy atom. The third kappa shape index (κ3) is 4.67. The lowest BCUT2D eigenvalue weighted by molar-refractivity contribution is -0.136. The van der Waals surface area contributed by atoms with Gasteiger partial charge in [0.25, 0.3) is 0 Å². The van der Waals surface area contributed by atoms with Gasteiger partial charge in [0.1, 0.15) is 0 Å². The average molecular weight is 344 g/mol. The summed E-state index contributed by atoms with van der Waals surface area (Å²) in [6.45, 7) is 5.80. The first-order valence-corrected chi connectivity index (χ1v) is 7.72. The van der Waals surface area contributed by atoms with Gasteiger partial charge in [-0.3, -0.25) is 9.59 Å². The zero-order chi connectivity index (χ0) is 17.7. The number of halogens is 1. The second-order valence-electron chi connectivity index (χ2n) is 5.46. The maximum Gasteiger partial charge on any atom is 0.329 e. The lowest BCUT2D eigenvalue weighted by atomic mass is 10.1. The zero-order valence-corrected chi connectivity index (χ0v) is 14.4. The van der Waals surface area contributed by atoms with Gasteiger partial charge in [0.05, 0.1) is 6.21 Å². The van der Waals surface area contributed by atoms with Crippen LogP contribution in [0.1, 0.15) is 22.3 Å². The van der Waals surface area contributed by atoms with Crippen LogP contribution < -0.4 is 10.7 Å². The summed E-state index contributed by atoms with van der Waals surface area (Å²) in [5.74, 6) is -1.64. The summed E-state index contributed by atoms with van der Waals surface area (Å²) < 4.78 is 0. The minimum absolute atomic E-state index is 0.526. The van der Waals surface area contributed by atoms with Crippen molar-refractivity contribution in [2.24, 2.45) is 5.10 Å². The molecule has 2 aromatic carbocycles. The minimum Gasteiger partial charge on any atom is -0.317 e. The van der Waals surface area contributed by atoms with Crippen molar-refractivity contribution in [3.8, 4) is 0 Å². The first-order valence-electron chi connectivity index (χ1n) is 7.34. The number of hydrazone groups is 1. The van der Waals surface area contributed by atoms with Gasteiger partial charge >= 0.3 is 11.8 Å². The molecular formula is C18H18ClN3O2. The van der Waals surface area contributed by atoms with Crippen molar-refractivity contribution in [2.75, 3.05) is 5.32 Å². The first kappa shape index (κ1) is 17.7. The molecule has 124 valence electrons. The molecule has 0 spiro atoms. The Kier molecular flexibility index (Phi) is 5.71. The highest BCUT2D eigenvalue weighted by Crippen LogP contribution is 2.19. The standard InChI is InChI=1S/C18H18ClN3O2/c1-11-4-5-14(8-12(11)2)10-20-22-18(24)17(23)21-16-7-6-15(19)9-13(16)3/h4-10H,1-3H3,(H,21,23)(H,22,24)/b20-10-. The van der Waals surface area contributed by atoms with Crippen LogP contribution in [0.25, 0.3) is 0 Å². The highest BCUT2D eigenvalue weighted by molar-refractivity contribution is 6.39. The summed E-state index contributed by atoms with van der Waals surface area (Å²) in [6.07, 6.45) is 1.49. The topological polar surface area (TPSA) is 70.6 Å². The van der Waals surface area contributed by atoms with Crippen LogP contribution in [0.2, 0.25) is 5.02 Å². The molecule has 0 aromatic heterocycles. The molecule has 0 saturated heterocycles. The van der Waals surface area contributed by atoms with E-state index in [1.54, 1.807) is 25.1 Å². The van der Waals surface area contributed by atoms with Crippen molar-refractivity contribution in [1.29, 1.82) is 0 Å². The Morgan fingerprint density at radius 1 is 0.958 bits per heavy atom. The Labute approximate surface area is 145 Å². The van der Waals surface area contributed by atoms with E-state index in [2.05, 4.69) is 15.8 Å². The van der Waals surface area contributed by atoms with Crippen LogP contribution in [0.5, 0.6) is 0 Å². The fourth-order valence-electron chi connectivity index (χ4n) is 2.01. The fourth-order valence-corrected chi connectivity index (χ4v) is 2.23. The predicted octanol–water partition coefficient (Wildman–Crippen LogP) is 3.35. The molecule has 0 aliphatic heterocycles. The smallest absolute Gasteiger partial charge is 0.317 e. The number of hydrogen-bond acceptors (Lipinski definition) is 3. The van der Waals surface area contributed by atoms with Crippen LogP contribution >= 0.6 is 11.6 Å². The lowest BCUT2D eigenvalue weighted by Crippen LogP contribution is -2.32. The van der Waals surface area contributed by atoms with Crippen molar-refractivity contribution in [2.45, 2.75) is 20.8 Å². The normalized spacial score (nSPS) is 10.7. The summed E-state index contributed by atoms with van der Waals surface area (Å²) in [5, 5.41) is 6.89. The Hall–Kier alpha value is -2.66. The van der Waals surface area contributed by atoms with Gasteiger partial charge in [-0.2, -0.15) is 5.10 Å². The molecule has 0 unspecified atom stereocenters. The third-order valence-corrected chi connectivity index (χ3v) is 3.79. The molecule has 5 nitrogen and oxygen atoms in total. The number of carbonyl (C=O) groups excluding carboxylic acids is 2. The highest BCUT2D eigenvalue weighted by Gasteiger charge is 2.13. The molecule has 0 radical (unpaired) electrons. The van der Waals surface area contributed by atoms with E-state index in [-0.39, 0.29) is 0 Å². The van der Waals surface area contributed by atoms with Crippen LogP contribution in [0.15, 0.2) is 41.5 Å². The highest BCUT2D eigenvalue weighted by atomic mass is 35.5. The third-order valence-electron chi connectivity index (χ3n) is 3.55. The van der Waals surface area contributed by atoms with Gasteiger partial charge in [0.15, 0.2) is 0 Å². The molecule has 0 heterocycles. The second-order valence-corrected chi connectivity index (χ2v) is 5.89. The zero-order valence-electron chi connectivity index (χ0n) is 13.7. The van der Waals surface area contributed by atoms with E-state index in [0.29, 0.717) is 10.7 Å². The number of amides is 2. The maximum absolute atomic E-state index is 11.9. The molecule has 0 aliphatic carbocycles. The molecule has 0 aliphatic rings. The molecule has 2 aromatic rings. The Balaban J connectivity index is 1.95. The molecule has 2 amide bonds. The summed E-state index contributed by atoms with van der Waals surface area (Å²) >= 11 is 5.85. The molecule has 2 rings (SSSR count). The molecule has 0 saturated carbocycles. The van der Waals surface area contributed by atoms with E-state index in [1.165, 1.54) is 11.8 Å². The Bertz CT molecular complexity index is 816. The van der Waals surface area contributed by atoms with E-state index in [4.69, 9.17) is 11.6 Å². The number of hydrogen-bond donors (Lipinski definition) is 2. The quantitative estimate of drug-likeness (QED) is 0.509. The van der Waals surface area contributed by atoms with Crippen LogP contribution in [0.3, 0.4) is 0 Å². The monoisotopic (exact) mass is 343 g/mol. The number of rotatable bonds is 3. The first-order chi connectivity index (χ1) is 11.4. The molecule has 24 heavy (non-hydrogen) atoms. The van der Waals surface area contributed by atoms with Crippen LogP contribution in [0.4, 0.5) is 5.69 Å². The average Bonchev–Trinajstić information content (AvgIpc) is 2.53.